The number of benzene rings is 1. The van der Waals surface area contributed by atoms with E-state index in [0.29, 0.717) is 24.9 Å². The van der Waals surface area contributed by atoms with Crippen LogP contribution in [0.25, 0.3) is 0 Å². The lowest BCUT2D eigenvalue weighted by Gasteiger charge is -2.24. The molecule has 1 saturated heterocycles. The first-order valence-corrected chi connectivity index (χ1v) is 11.0. The Morgan fingerprint density at radius 1 is 0.833 bits per heavy atom. The number of carboxylic acid groups (broad SMARTS) is 3. The fourth-order valence-electron chi connectivity index (χ4n) is 3.56. The molecule has 1 aromatic carbocycles. The molecule has 1 aromatic rings. The Balaban J connectivity index is 2.13. The number of amides is 3. The van der Waals surface area contributed by atoms with Gasteiger partial charge in [-0.25, -0.2) is 4.79 Å². The van der Waals surface area contributed by atoms with Gasteiger partial charge in [-0.2, -0.15) is 0 Å². The molecule has 1 aliphatic heterocycles. The second-order valence-electron chi connectivity index (χ2n) is 8.24. The van der Waals surface area contributed by atoms with Crippen LogP contribution < -0.4 is 21.3 Å². The first kappa shape index (κ1) is 28.0. The van der Waals surface area contributed by atoms with Gasteiger partial charge in [-0.1, -0.05) is 12.1 Å². The largest absolute Gasteiger partial charge is 0.508 e. The molecule has 1 heterocycles. The van der Waals surface area contributed by atoms with E-state index in [1.165, 1.54) is 24.3 Å². The molecule has 14 nitrogen and oxygen atoms in total. The fraction of sp³-hybridized carbons (Fsp3) is 0.455. The second-order valence-corrected chi connectivity index (χ2v) is 8.24. The van der Waals surface area contributed by atoms with Crippen LogP contribution in [0.5, 0.6) is 5.75 Å². The van der Waals surface area contributed by atoms with Crippen molar-refractivity contribution in [2.24, 2.45) is 0 Å². The van der Waals surface area contributed by atoms with E-state index < -0.39 is 72.6 Å². The van der Waals surface area contributed by atoms with E-state index in [9.17, 15) is 44.1 Å². The lowest BCUT2D eigenvalue weighted by atomic mass is 10.0. The third kappa shape index (κ3) is 8.87. The number of carbonyl (C=O) groups excluding carboxylic acids is 3. The van der Waals surface area contributed by atoms with E-state index >= 15 is 0 Å². The monoisotopic (exact) mass is 508 g/mol. The van der Waals surface area contributed by atoms with Crippen molar-refractivity contribution >= 4 is 35.6 Å². The molecule has 14 heteroatoms. The molecule has 0 saturated carbocycles. The van der Waals surface area contributed by atoms with Crippen LogP contribution >= 0.6 is 0 Å². The number of hydrogen-bond acceptors (Lipinski definition) is 8. The summed E-state index contributed by atoms with van der Waals surface area (Å²) < 4.78 is 0. The molecule has 36 heavy (non-hydrogen) atoms. The van der Waals surface area contributed by atoms with Crippen LogP contribution in [0.3, 0.4) is 0 Å². The van der Waals surface area contributed by atoms with Crippen LogP contribution in [0.4, 0.5) is 0 Å². The Labute approximate surface area is 205 Å². The van der Waals surface area contributed by atoms with Gasteiger partial charge in [0.1, 0.15) is 23.9 Å². The van der Waals surface area contributed by atoms with Gasteiger partial charge in [-0.3, -0.25) is 24.0 Å². The molecular formula is C22H28N4O10. The average molecular weight is 508 g/mol. The van der Waals surface area contributed by atoms with Gasteiger partial charge in [0.05, 0.1) is 18.9 Å². The summed E-state index contributed by atoms with van der Waals surface area (Å²) in [4.78, 5) is 72.0. The van der Waals surface area contributed by atoms with Crippen molar-refractivity contribution in [3.05, 3.63) is 29.8 Å². The van der Waals surface area contributed by atoms with E-state index in [-0.39, 0.29) is 12.2 Å². The zero-order valence-corrected chi connectivity index (χ0v) is 19.1. The van der Waals surface area contributed by atoms with Crippen LogP contribution in [-0.4, -0.2) is 86.8 Å². The molecule has 0 radical (unpaired) electrons. The molecular weight excluding hydrogens is 480 g/mol. The Morgan fingerprint density at radius 3 is 1.83 bits per heavy atom. The van der Waals surface area contributed by atoms with Gasteiger partial charge in [0, 0.05) is 6.42 Å². The van der Waals surface area contributed by atoms with Crippen LogP contribution in [0.2, 0.25) is 0 Å². The predicted molar refractivity (Wildman–Crippen MR) is 121 cm³/mol. The normalized spacial score (nSPS) is 17.3. The zero-order chi connectivity index (χ0) is 26.8. The number of nitrogens with one attached hydrogen (secondary N) is 4. The molecule has 3 amide bonds. The van der Waals surface area contributed by atoms with Crippen molar-refractivity contribution in [3.63, 3.8) is 0 Å². The van der Waals surface area contributed by atoms with Gasteiger partial charge in [0.2, 0.25) is 17.7 Å². The van der Waals surface area contributed by atoms with Crippen molar-refractivity contribution in [1.82, 2.24) is 21.3 Å². The Kier molecular flexibility index (Phi) is 10.2. The van der Waals surface area contributed by atoms with Crippen LogP contribution in [0.15, 0.2) is 24.3 Å². The third-order valence-corrected chi connectivity index (χ3v) is 5.39. The minimum absolute atomic E-state index is 0.0504. The Hall–Kier alpha value is -4.20. The van der Waals surface area contributed by atoms with E-state index in [2.05, 4.69) is 21.3 Å². The van der Waals surface area contributed by atoms with Gasteiger partial charge in [0.25, 0.3) is 0 Å². The highest BCUT2D eigenvalue weighted by Gasteiger charge is 2.33. The number of aliphatic carboxylic acids is 3. The standard InChI is InChI=1S/C22H28N4O10/c27-12-5-3-11(4-6-12)8-16(22(35)36)26-21(34)15(10-18(30)31)25-20(33)14(9-17(28)29)24-19(32)13-2-1-7-23-13/h3-6,13-16,23,27H,1-2,7-10H2,(H,24,32)(H,25,33)(H,26,34)(H,28,29)(H,30,31)(H,35,36). The van der Waals surface area contributed by atoms with Gasteiger partial charge in [-0.15, -0.1) is 0 Å². The van der Waals surface area contributed by atoms with Gasteiger partial charge in [0.15, 0.2) is 0 Å². The molecule has 4 atom stereocenters. The smallest absolute Gasteiger partial charge is 0.326 e. The lowest BCUT2D eigenvalue weighted by molar-refractivity contribution is -0.145. The van der Waals surface area contributed by atoms with Crippen molar-refractivity contribution in [2.45, 2.75) is 56.3 Å². The molecule has 1 aliphatic rings. The van der Waals surface area contributed by atoms with Crippen molar-refractivity contribution < 1.29 is 49.2 Å². The minimum atomic E-state index is -1.76. The van der Waals surface area contributed by atoms with E-state index in [0.717, 1.165) is 0 Å². The molecule has 1 fully saturated rings. The van der Waals surface area contributed by atoms with Gasteiger partial charge < -0.3 is 41.7 Å². The predicted octanol–water partition coefficient (Wildman–Crippen LogP) is -1.82. The summed E-state index contributed by atoms with van der Waals surface area (Å²) in [6.07, 6.45) is -0.773. The summed E-state index contributed by atoms with van der Waals surface area (Å²) in [5.74, 6) is -7.26. The highest BCUT2D eigenvalue weighted by molar-refractivity contribution is 5.96. The van der Waals surface area contributed by atoms with Crippen molar-refractivity contribution in [1.29, 1.82) is 0 Å². The lowest BCUT2D eigenvalue weighted by Crippen LogP contribution is -2.58. The second kappa shape index (κ2) is 13.0. The Morgan fingerprint density at radius 2 is 1.36 bits per heavy atom. The molecule has 196 valence electrons. The van der Waals surface area contributed by atoms with Gasteiger partial charge in [-0.05, 0) is 37.1 Å². The molecule has 0 spiro atoms. The Bertz CT molecular complexity index is 991. The maximum atomic E-state index is 12.7. The summed E-state index contributed by atoms with van der Waals surface area (Å²) in [5.41, 5.74) is 0.448. The number of phenols is 1. The highest BCUT2D eigenvalue weighted by atomic mass is 16.4. The maximum Gasteiger partial charge on any atom is 0.326 e. The van der Waals surface area contributed by atoms with E-state index in [4.69, 9.17) is 5.11 Å². The number of hydrogen-bond donors (Lipinski definition) is 8. The maximum absolute atomic E-state index is 12.7. The van der Waals surface area contributed by atoms with Crippen molar-refractivity contribution in [2.75, 3.05) is 6.54 Å². The summed E-state index contributed by atoms with van der Waals surface area (Å²) >= 11 is 0. The zero-order valence-electron chi connectivity index (χ0n) is 19.1. The number of rotatable bonds is 13. The SMILES string of the molecule is O=C(O)CC(NC(=O)C(CC(=O)O)NC(=O)C1CCCN1)C(=O)NC(Cc1ccc(O)cc1)C(=O)O. The average Bonchev–Trinajstić information content (AvgIpc) is 3.33. The number of phenolic OH excluding ortho intramolecular Hbond substituents is 1. The van der Waals surface area contributed by atoms with E-state index in [1.54, 1.807) is 0 Å². The third-order valence-electron chi connectivity index (χ3n) is 5.39. The highest BCUT2D eigenvalue weighted by Crippen LogP contribution is 2.12. The van der Waals surface area contributed by atoms with Crippen LogP contribution in [0, 0.1) is 0 Å². The quantitative estimate of drug-likeness (QED) is 0.148. The summed E-state index contributed by atoms with van der Waals surface area (Å²) in [5, 5.41) is 46.6. The molecule has 8 N–H and O–H groups in total. The summed E-state index contributed by atoms with van der Waals surface area (Å²) in [6.45, 7) is 0.573. The minimum Gasteiger partial charge on any atom is -0.508 e. The fourth-order valence-corrected chi connectivity index (χ4v) is 3.56. The first-order valence-electron chi connectivity index (χ1n) is 11.0. The number of carbonyl (C=O) groups is 6. The number of aromatic hydroxyl groups is 1. The van der Waals surface area contributed by atoms with Crippen LogP contribution in [0.1, 0.15) is 31.2 Å². The molecule has 0 aromatic heterocycles. The topological polar surface area (TPSA) is 231 Å². The van der Waals surface area contributed by atoms with Gasteiger partial charge >= 0.3 is 17.9 Å². The molecule has 2 rings (SSSR count). The summed E-state index contributed by atoms with van der Waals surface area (Å²) in [7, 11) is 0. The first-order chi connectivity index (χ1) is 17.0. The molecule has 4 unspecified atom stereocenters. The molecule has 0 aliphatic carbocycles. The van der Waals surface area contributed by atoms with Crippen molar-refractivity contribution in [3.8, 4) is 5.75 Å². The number of carboxylic acids is 3. The molecule has 0 bridgehead atoms. The van der Waals surface area contributed by atoms with Crippen LogP contribution in [-0.2, 0) is 35.2 Å². The summed E-state index contributed by atoms with van der Waals surface area (Å²) in [6, 6.07) is 0.0339. The van der Waals surface area contributed by atoms with E-state index in [1.807, 2.05) is 0 Å².